The lowest BCUT2D eigenvalue weighted by Crippen LogP contribution is -2.30. The normalized spacial score (nSPS) is 11.9. The Hall–Kier alpha value is -4.54. The highest BCUT2D eigenvalue weighted by Gasteiger charge is 2.25. The third-order valence-electron chi connectivity index (χ3n) is 6.07. The van der Waals surface area contributed by atoms with Crippen molar-refractivity contribution in [2.24, 2.45) is 7.05 Å². The molecule has 0 saturated carbocycles. The summed E-state index contributed by atoms with van der Waals surface area (Å²) in [6.45, 7) is 0.602. The second-order valence-corrected chi connectivity index (χ2v) is 8.46. The summed E-state index contributed by atoms with van der Waals surface area (Å²) >= 11 is 0. The highest BCUT2D eigenvalue weighted by atomic mass is 16.1. The van der Waals surface area contributed by atoms with E-state index in [4.69, 9.17) is 5.26 Å². The number of aromatic nitrogens is 4. The van der Waals surface area contributed by atoms with E-state index in [1.807, 2.05) is 92.2 Å². The lowest BCUT2D eigenvalue weighted by molar-refractivity contribution is 0.0939. The zero-order chi connectivity index (χ0) is 24.2. The Kier molecular flexibility index (Phi) is 6.20. The third-order valence-corrected chi connectivity index (χ3v) is 6.07. The molecule has 0 unspecified atom stereocenters. The van der Waals surface area contributed by atoms with Crippen LogP contribution in [0, 0.1) is 11.3 Å². The molecule has 2 heterocycles. The van der Waals surface area contributed by atoms with Gasteiger partial charge in [-0.25, -0.2) is 0 Å². The van der Waals surface area contributed by atoms with Crippen molar-refractivity contribution in [2.45, 2.75) is 12.5 Å². The Balaban J connectivity index is 1.39. The maximum atomic E-state index is 13.7. The van der Waals surface area contributed by atoms with Crippen LogP contribution < -0.4 is 5.32 Å². The Morgan fingerprint density at radius 2 is 1.89 bits per heavy atom. The quantitative estimate of drug-likeness (QED) is 0.330. The van der Waals surface area contributed by atoms with Crippen molar-refractivity contribution in [3.63, 3.8) is 0 Å². The van der Waals surface area contributed by atoms with Crippen molar-refractivity contribution < 1.29 is 4.79 Å². The molecule has 0 saturated heterocycles. The van der Waals surface area contributed by atoms with Crippen LogP contribution >= 0.6 is 0 Å². The topological polar surface area (TPSA) is 99.4 Å². The number of nitrogens with zero attached hydrogens (tertiary/aromatic N) is 4. The standard InChI is InChI=1S/C28H24N6O/c1-34-18-23(17-31-34)22-11-12-24-25(15-22)32-33-27(24)28(35)26(21-5-3-2-4-6-21)30-14-13-19-7-9-20(16-29)10-8-19/h2-12,15,17-18,26,30H,13-14H2,1H3,(H,32,33)/t26-/m0/s1. The number of carbonyl (C=O) groups is 1. The number of nitriles is 1. The van der Waals surface area contributed by atoms with Crippen molar-refractivity contribution in [3.05, 3.63) is 108 Å². The lowest BCUT2D eigenvalue weighted by Gasteiger charge is -2.17. The van der Waals surface area contributed by atoms with Gasteiger partial charge in [0.1, 0.15) is 5.69 Å². The van der Waals surface area contributed by atoms with Crippen LogP contribution in [0.4, 0.5) is 0 Å². The SMILES string of the molecule is Cn1cc(-c2ccc3c(C(=O)[C@@H](NCCc4ccc(C#N)cc4)c4ccccc4)n[nH]c3c2)cn1. The molecule has 7 heteroatoms. The van der Waals surface area contributed by atoms with E-state index in [0.717, 1.165) is 39.6 Å². The van der Waals surface area contributed by atoms with Gasteiger partial charge < -0.3 is 5.32 Å². The number of aromatic amines is 1. The number of aryl methyl sites for hydroxylation is 1. The van der Waals surface area contributed by atoms with Crippen LogP contribution in [0.5, 0.6) is 0 Å². The maximum Gasteiger partial charge on any atom is 0.205 e. The van der Waals surface area contributed by atoms with Gasteiger partial charge in [0.15, 0.2) is 0 Å². The molecule has 0 bridgehead atoms. The maximum absolute atomic E-state index is 13.7. The molecule has 35 heavy (non-hydrogen) atoms. The molecule has 2 N–H and O–H groups in total. The van der Waals surface area contributed by atoms with Gasteiger partial charge in [0.25, 0.3) is 0 Å². The van der Waals surface area contributed by atoms with E-state index in [0.29, 0.717) is 17.8 Å². The second-order valence-electron chi connectivity index (χ2n) is 8.46. The van der Waals surface area contributed by atoms with Gasteiger partial charge in [0, 0.05) is 30.7 Å². The first-order valence-corrected chi connectivity index (χ1v) is 11.4. The molecule has 7 nitrogen and oxygen atoms in total. The molecule has 2 aromatic heterocycles. The number of hydrogen-bond donors (Lipinski definition) is 2. The summed E-state index contributed by atoms with van der Waals surface area (Å²) in [4.78, 5) is 13.7. The number of rotatable bonds is 8. The van der Waals surface area contributed by atoms with E-state index in [2.05, 4.69) is 26.7 Å². The molecule has 0 spiro atoms. The molecule has 0 fully saturated rings. The zero-order valence-electron chi connectivity index (χ0n) is 19.3. The van der Waals surface area contributed by atoms with Crippen LogP contribution in [-0.2, 0) is 13.5 Å². The average molecular weight is 461 g/mol. The number of benzene rings is 3. The van der Waals surface area contributed by atoms with Crippen LogP contribution in [0.15, 0.2) is 85.2 Å². The van der Waals surface area contributed by atoms with Crippen molar-refractivity contribution in [3.8, 4) is 17.2 Å². The van der Waals surface area contributed by atoms with Crippen LogP contribution in [0.2, 0.25) is 0 Å². The van der Waals surface area contributed by atoms with Crippen molar-refractivity contribution in [2.75, 3.05) is 6.54 Å². The van der Waals surface area contributed by atoms with Crippen molar-refractivity contribution >= 4 is 16.7 Å². The summed E-state index contributed by atoms with van der Waals surface area (Å²) in [7, 11) is 1.88. The number of hydrogen-bond acceptors (Lipinski definition) is 5. The van der Waals surface area contributed by atoms with Gasteiger partial charge in [-0.3, -0.25) is 14.6 Å². The van der Waals surface area contributed by atoms with Gasteiger partial charge in [0.2, 0.25) is 5.78 Å². The number of nitrogens with one attached hydrogen (secondary N) is 2. The van der Waals surface area contributed by atoms with Gasteiger partial charge in [-0.2, -0.15) is 15.5 Å². The Labute approximate surface area is 203 Å². The van der Waals surface area contributed by atoms with Gasteiger partial charge in [-0.05, 0) is 47.4 Å². The first-order valence-electron chi connectivity index (χ1n) is 11.4. The first-order chi connectivity index (χ1) is 17.1. The number of carbonyl (C=O) groups excluding carboxylic acids is 1. The highest BCUT2D eigenvalue weighted by Crippen LogP contribution is 2.27. The Bertz CT molecular complexity index is 1510. The monoisotopic (exact) mass is 460 g/mol. The molecule has 5 rings (SSSR count). The zero-order valence-corrected chi connectivity index (χ0v) is 19.3. The smallest absolute Gasteiger partial charge is 0.205 e. The van der Waals surface area contributed by atoms with E-state index in [1.165, 1.54) is 0 Å². The Morgan fingerprint density at radius 3 is 2.60 bits per heavy atom. The lowest BCUT2D eigenvalue weighted by atomic mass is 9.98. The molecule has 172 valence electrons. The van der Waals surface area contributed by atoms with Gasteiger partial charge in [-0.15, -0.1) is 0 Å². The summed E-state index contributed by atoms with van der Waals surface area (Å²) in [5.41, 5.74) is 5.86. The van der Waals surface area contributed by atoms with E-state index in [-0.39, 0.29) is 5.78 Å². The first kappa shape index (κ1) is 22.3. The molecule has 0 aliphatic carbocycles. The molecule has 0 aliphatic heterocycles. The molecular formula is C28H24N6O. The van der Waals surface area contributed by atoms with Crippen LogP contribution in [-0.4, -0.2) is 32.3 Å². The molecule has 0 aliphatic rings. The number of H-pyrrole nitrogens is 1. The van der Waals surface area contributed by atoms with Crippen molar-refractivity contribution in [1.29, 1.82) is 5.26 Å². The predicted molar refractivity (Wildman–Crippen MR) is 135 cm³/mol. The number of Topliss-reactive ketones (excluding diaryl/α,β-unsaturated/α-hetero) is 1. The molecular weight excluding hydrogens is 436 g/mol. The predicted octanol–water partition coefficient (Wildman–Crippen LogP) is 4.59. The number of fused-ring (bicyclic) bond motifs is 1. The summed E-state index contributed by atoms with van der Waals surface area (Å²) in [6.07, 6.45) is 4.50. The fourth-order valence-electron chi connectivity index (χ4n) is 4.21. The van der Waals surface area contributed by atoms with Crippen LogP contribution in [0.3, 0.4) is 0 Å². The molecule has 3 aromatic carbocycles. The minimum Gasteiger partial charge on any atom is -0.303 e. The fourth-order valence-corrected chi connectivity index (χ4v) is 4.21. The fraction of sp³-hybridized carbons (Fsp3) is 0.143. The van der Waals surface area contributed by atoms with Crippen molar-refractivity contribution in [1.82, 2.24) is 25.3 Å². The second kappa shape index (κ2) is 9.75. The summed E-state index contributed by atoms with van der Waals surface area (Å²) in [5, 5.41) is 24.9. The third kappa shape index (κ3) is 4.74. The van der Waals surface area contributed by atoms with Gasteiger partial charge >= 0.3 is 0 Å². The minimum atomic E-state index is -0.529. The summed E-state index contributed by atoms with van der Waals surface area (Å²) in [6, 6.07) is 24.7. The Morgan fingerprint density at radius 1 is 1.09 bits per heavy atom. The largest absolute Gasteiger partial charge is 0.303 e. The van der Waals surface area contributed by atoms with Gasteiger partial charge in [-0.1, -0.05) is 48.5 Å². The van der Waals surface area contributed by atoms with Gasteiger partial charge in [0.05, 0.1) is 29.4 Å². The van der Waals surface area contributed by atoms with E-state index >= 15 is 0 Å². The summed E-state index contributed by atoms with van der Waals surface area (Å²) < 4.78 is 1.76. The van der Waals surface area contributed by atoms with Crippen LogP contribution in [0.25, 0.3) is 22.0 Å². The van der Waals surface area contributed by atoms with E-state index < -0.39 is 6.04 Å². The van der Waals surface area contributed by atoms with E-state index in [1.54, 1.807) is 4.68 Å². The van der Waals surface area contributed by atoms with E-state index in [9.17, 15) is 4.79 Å². The summed E-state index contributed by atoms with van der Waals surface area (Å²) in [5.74, 6) is -0.0867. The minimum absolute atomic E-state index is 0.0867. The molecule has 1 atom stereocenters. The van der Waals surface area contributed by atoms with Crippen LogP contribution in [0.1, 0.15) is 33.2 Å². The number of ketones is 1. The highest BCUT2D eigenvalue weighted by molar-refractivity contribution is 6.09. The molecule has 0 amide bonds. The molecule has 5 aromatic rings. The average Bonchev–Trinajstić information content (AvgIpc) is 3.53. The molecule has 0 radical (unpaired) electrons.